The van der Waals surface area contributed by atoms with E-state index in [4.69, 9.17) is 10.8 Å². The highest BCUT2D eigenvalue weighted by Crippen LogP contribution is 2.16. The van der Waals surface area contributed by atoms with Crippen LogP contribution >= 0.6 is 0 Å². The minimum atomic E-state index is -0.709. The monoisotopic (exact) mass is 181 g/mol. The van der Waals surface area contributed by atoms with Gasteiger partial charge in [-0.2, -0.15) is 0 Å². The molecule has 4 nitrogen and oxygen atoms in total. The molecule has 0 aliphatic rings. The normalized spacial score (nSPS) is 15.1. The zero-order valence-electron chi connectivity index (χ0n) is 7.91. The van der Waals surface area contributed by atoms with E-state index in [0.29, 0.717) is 0 Å². The number of nitrogens with one attached hydrogen (secondary N) is 1. The number of hydrogen-bond donors (Lipinski definition) is 3. The van der Waals surface area contributed by atoms with Crippen LogP contribution < -0.4 is 11.1 Å². The molecule has 0 bridgehead atoms. The number of nitrogens with zero attached hydrogens (tertiary/aromatic N) is 1. The molecular formula is C9H15N3O. The van der Waals surface area contributed by atoms with Crippen LogP contribution in [0.5, 0.6) is 0 Å². The first-order valence-electron chi connectivity index (χ1n) is 4.14. The SMILES string of the molecule is CNc1ccc([C@@](C)(N)CO)cn1. The fraction of sp³-hybridized carbons (Fsp3) is 0.444. The van der Waals surface area contributed by atoms with Crippen molar-refractivity contribution >= 4 is 5.82 Å². The van der Waals surface area contributed by atoms with Gasteiger partial charge in [0.15, 0.2) is 0 Å². The van der Waals surface area contributed by atoms with Crippen molar-refractivity contribution in [2.45, 2.75) is 12.5 Å². The van der Waals surface area contributed by atoms with E-state index in [9.17, 15) is 0 Å². The summed E-state index contributed by atoms with van der Waals surface area (Å²) in [4.78, 5) is 4.11. The van der Waals surface area contributed by atoms with Gasteiger partial charge in [-0.1, -0.05) is 6.07 Å². The van der Waals surface area contributed by atoms with Gasteiger partial charge in [0.25, 0.3) is 0 Å². The summed E-state index contributed by atoms with van der Waals surface area (Å²) in [7, 11) is 1.80. The van der Waals surface area contributed by atoms with E-state index in [0.717, 1.165) is 11.4 Å². The molecule has 0 spiro atoms. The van der Waals surface area contributed by atoms with E-state index in [1.54, 1.807) is 20.2 Å². The van der Waals surface area contributed by atoms with Gasteiger partial charge in [0.1, 0.15) is 5.82 Å². The highest BCUT2D eigenvalue weighted by Gasteiger charge is 2.19. The molecule has 0 amide bonds. The molecular weight excluding hydrogens is 166 g/mol. The highest BCUT2D eigenvalue weighted by molar-refractivity contribution is 5.36. The van der Waals surface area contributed by atoms with E-state index in [1.165, 1.54) is 0 Å². The van der Waals surface area contributed by atoms with E-state index in [2.05, 4.69) is 10.3 Å². The third-order valence-electron chi connectivity index (χ3n) is 2.01. The van der Waals surface area contributed by atoms with Gasteiger partial charge in [0, 0.05) is 13.2 Å². The maximum atomic E-state index is 9.01. The quantitative estimate of drug-likeness (QED) is 0.626. The second-order valence-corrected chi connectivity index (χ2v) is 3.26. The molecule has 0 radical (unpaired) electrons. The van der Waals surface area contributed by atoms with Crippen molar-refractivity contribution < 1.29 is 5.11 Å². The number of aliphatic hydroxyl groups excluding tert-OH is 1. The fourth-order valence-electron chi connectivity index (χ4n) is 0.971. The van der Waals surface area contributed by atoms with Crippen LogP contribution in [0.1, 0.15) is 12.5 Å². The number of rotatable bonds is 3. The van der Waals surface area contributed by atoms with Crippen molar-refractivity contribution in [1.82, 2.24) is 4.98 Å². The van der Waals surface area contributed by atoms with Crippen LogP contribution in [0.15, 0.2) is 18.3 Å². The third kappa shape index (κ3) is 2.17. The second-order valence-electron chi connectivity index (χ2n) is 3.26. The van der Waals surface area contributed by atoms with Crippen LogP contribution in [0.4, 0.5) is 5.82 Å². The van der Waals surface area contributed by atoms with E-state index in [1.807, 2.05) is 12.1 Å². The summed E-state index contributed by atoms with van der Waals surface area (Å²) in [6.45, 7) is 1.68. The van der Waals surface area contributed by atoms with Gasteiger partial charge in [-0.15, -0.1) is 0 Å². The van der Waals surface area contributed by atoms with Gasteiger partial charge in [-0.3, -0.25) is 0 Å². The minimum Gasteiger partial charge on any atom is -0.394 e. The predicted octanol–water partition coefficient (Wildman–Crippen LogP) is 0.289. The van der Waals surface area contributed by atoms with Crippen LogP contribution in [0, 0.1) is 0 Å². The third-order valence-corrected chi connectivity index (χ3v) is 2.01. The van der Waals surface area contributed by atoms with Crippen LogP contribution in [0.3, 0.4) is 0 Å². The Morgan fingerprint density at radius 1 is 1.62 bits per heavy atom. The number of nitrogens with two attached hydrogens (primary N) is 1. The Bertz CT molecular complexity index is 269. The van der Waals surface area contributed by atoms with Gasteiger partial charge >= 0.3 is 0 Å². The van der Waals surface area contributed by atoms with Crippen LogP contribution in [0.25, 0.3) is 0 Å². The molecule has 4 N–H and O–H groups in total. The summed E-state index contributed by atoms with van der Waals surface area (Å²) in [5.74, 6) is 0.789. The van der Waals surface area contributed by atoms with Gasteiger partial charge < -0.3 is 16.2 Å². The van der Waals surface area contributed by atoms with Crippen molar-refractivity contribution in [3.05, 3.63) is 23.9 Å². The summed E-state index contributed by atoms with van der Waals surface area (Å²) in [6.07, 6.45) is 1.67. The average Bonchev–Trinajstić information content (AvgIpc) is 2.18. The molecule has 13 heavy (non-hydrogen) atoms. The van der Waals surface area contributed by atoms with Crippen LogP contribution in [-0.4, -0.2) is 23.7 Å². The van der Waals surface area contributed by atoms with Crippen LogP contribution in [-0.2, 0) is 5.54 Å². The topological polar surface area (TPSA) is 71.2 Å². The smallest absolute Gasteiger partial charge is 0.125 e. The average molecular weight is 181 g/mol. The Balaban J connectivity index is 2.92. The van der Waals surface area contributed by atoms with Gasteiger partial charge in [0.2, 0.25) is 0 Å². The standard InChI is InChI=1S/C9H15N3O/c1-9(10,6-13)7-3-4-8(11-2)12-5-7/h3-5,13H,6,10H2,1-2H3,(H,11,12)/t9-/m0/s1. The Morgan fingerprint density at radius 3 is 2.69 bits per heavy atom. The fourth-order valence-corrected chi connectivity index (χ4v) is 0.971. The van der Waals surface area contributed by atoms with Crippen molar-refractivity contribution in [2.24, 2.45) is 5.73 Å². The molecule has 0 unspecified atom stereocenters. The molecule has 0 saturated heterocycles. The lowest BCUT2D eigenvalue weighted by Crippen LogP contribution is -2.36. The molecule has 0 aromatic carbocycles. The van der Waals surface area contributed by atoms with Crippen molar-refractivity contribution in [2.75, 3.05) is 19.0 Å². The molecule has 0 aliphatic heterocycles. The van der Waals surface area contributed by atoms with Gasteiger partial charge in [-0.05, 0) is 18.6 Å². The van der Waals surface area contributed by atoms with Crippen molar-refractivity contribution in [1.29, 1.82) is 0 Å². The Kier molecular flexibility index (Phi) is 2.85. The van der Waals surface area contributed by atoms with E-state index < -0.39 is 5.54 Å². The summed E-state index contributed by atoms with van der Waals surface area (Å²) >= 11 is 0. The maximum absolute atomic E-state index is 9.01. The first kappa shape index (κ1) is 9.95. The summed E-state index contributed by atoms with van der Waals surface area (Å²) in [5.41, 5.74) is 5.94. The largest absolute Gasteiger partial charge is 0.394 e. The molecule has 4 heteroatoms. The zero-order valence-corrected chi connectivity index (χ0v) is 7.91. The molecule has 72 valence electrons. The molecule has 1 rings (SSSR count). The summed E-state index contributed by atoms with van der Waals surface area (Å²) < 4.78 is 0. The summed E-state index contributed by atoms with van der Waals surface area (Å²) in [6, 6.07) is 3.69. The number of pyridine rings is 1. The van der Waals surface area contributed by atoms with E-state index in [-0.39, 0.29) is 6.61 Å². The molecule has 0 fully saturated rings. The lowest BCUT2D eigenvalue weighted by atomic mass is 9.96. The zero-order chi connectivity index (χ0) is 9.90. The van der Waals surface area contributed by atoms with Crippen LogP contribution in [0.2, 0.25) is 0 Å². The second kappa shape index (κ2) is 3.72. The minimum absolute atomic E-state index is 0.0897. The number of aliphatic hydroxyl groups is 1. The van der Waals surface area contributed by atoms with Gasteiger partial charge in [-0.25, -0.2) is 4.98 Å². The molecule has 1 aromatic rings. The predicted molar refractivity (Wildman–Crippen MR) is 52.4 cm³/mol. The Labute approximate surface area is 77.8 Å². The lowest BCUT2D eigenvalue weighted by Gasteiger charge is -2.21. The highest BCUT2D eigenvalue weighted by atomic mass is 16.3. The molecule has 0 saturated carbocycles. The molecule has 1 atom stereocenters. The molecule has 1 heterocycles. The van der Waals surface area contributed by atoms with Crippen molar-refractivity contribution in [3.63, 3.8) is 0 Å². The first-order valence-corrected chi connectivity index (χ1v) is 4.14. The Hall–Kier alpha value is -1.13. The first-order chi connectivity index (χ1) is 6.10. The Morgan fingerprint density at radius 2 is 2.31 bits per heavy atom. The lowest BCUT2D eigenvalue weighted by molar-refractivity contribution is 0.210. The summed E-state index contributed by atoms with van der Waals surface area (Å²) in [5, 5.41) is 11.9. The maximum Gasteiger partial charge on any atom is 0.125 e. The number of anilines is 1. The molecule has 1 aromatic heterocycles. The number of aromatic nitrogens is 1. The van der Waals surface area contributed by atoms with E-state index >= 15 is 0 Å². The number of hydrogen-bond acceptors (Lipinski definition) is 4. The molecule has 0 aliphatic carbocycles. The van der Waals surface area contributed by atoms with Gasteiger partial charge in [0.05, 0.1) is 12.1 Å². The van der Waals surface area contributed by atoms with Crippen molar-refractivity contribution in [3.8, 4) is 0 Å².